The van der Waals surface area contributed by atoms with E-state index in [1.54, 1.807) is 0 Å². The molecule has 1 aromatic rings. The number of aromatic nitrogens is 2. The fourth-order valence-corrected chi connectivity index (χ4v) is 3.33. The highest BCUT2D eigenvalue weighted by atomic mass is 35.7. The van der Waals surface area contributed by atoms with E-state index >= 15 is 0 Å². The van der Waals surface area contributed by atoms with Gasteiger partial charge in [0.05, 0.1) is 18.3 Å². The number of halogens is 1. The molecule has 1 unspecified atom stereocenters. The van der Waals surface area contributed by atoms with E-state index in [9.17, 15) is 13.2 Å². The minimum atomic E-state index is -4.02. The second-order valence-corrected chi connectivity index (χ2v) is 6.85. The average Bonchev–Trinajstić information content (AvgIpc) is 2.72. The highest BCUT2D eigenvalue weighted by Gasteiger charge is 2.28. The summed E-state index contributed by atoms with van der Waals surface area (Å²) in [7, 11) is 1.28. The van der Waals surface area contributed by atoms with Crippen molar-refractivity contribution in [2.45, 2.75) is 30.7 Å². The molecule has 0 bridgehead atoms. The third kappa shape index (κ3) is 3.26. The number of nitrogens with one attached hydrogen (secondary N) is 2. The zero-order valence-corrected chi connectivity index (χ0v) is 11.8. The molecular weight excluding hydrogens is 294 g/mol. The molecule has 19 heavy (non-hydrogen) atoms. The number of amides is 1. The van der Waals surface area contributed by atoms with E-state index < -0.39 is 15.0 Å². The Morgan fingerprint density at radius 2 is 2.32 bits per heavy atom. The Balaban J connectivity index is 2.20. The van der Waals surface area contributed by atoms with E-state index in [-0.39, 0.29) is 22.3 Å². The molecule has 1 fully saturated rings. The lowest BCUT2D eigenvalue weighted by molar-refractivity contribution is 0.0620. The molecule has 1 atom stereocenters. The number of rotatable bonds is 3. The SMILES string of the molecule is Cc1[nH]nc(C(=O)NC2CCCOC2)c1S(=O)(=O)Cl. The van der Waals surface area contributed by atoms with Crippen molar-refractivity contribution in [3.63, 3.8) is 0 Å². The zero-order chi connectivity index (χ0) is 14.0. The van der Waals surface area contributed by atoms with Crippen LogP contribution in [0.4, 0.5) is 0 Å². The molecular formula is C10H14ClN3O4S. The lowest BCUT2D eigenvalue weighted by Crippen LogP contribution is -2.41. The van der Waals surface area contributed by atoms with Crippen LogP contribution >= 0.6 is 10.7 Å². The van der Waals surface area contributed by atoms with Gasteiger partial charge < -0.3 is 10.1 Å². The van der Waals surface area contributed by atoms with Gasteiger partial charge in [-0.3, -0.25) is 9.89 Å². The van der Waals surface area contributed by atoms with E-state index in [2.05, 4.69) is 15.5 Å². The van der Waals surface area contributed by atoms with Gasteiger partial charge in [0.25, 0.3) is 15.0 Å². The topological polar surface area (TPSA) is 101 Å². The molecule has 9 heteroatoms. The van der Waals surface area contributed by atoms with Crippen LogP contribution in [0.1, 0.15) is 29.0 Å². The summed E-state index contributed by atoms with van der Waals surface area (Å²) in [5, 5.41) is 8.85. The van der Waals surface area contributed by atoms with Crippen molar-refractivity contribution in [1.82, 2.24) is 15.5 Å². The summed E-state index contributed by atoms with van der Waals surface area (Å²) >= 11 is 0. The molecule has 1 aromatic heterocycles. The van der Waals surface area contributed by atoms with Crippen LogP contribution in [0.5, 0.6) is 0 Å². The van der Waals surface area contributed by atoms with Crippen LogP contribution in [-0.2, 0) is 13.8 Å². The first kappa shape index (κ1) is 14.3. The number of ether oxygens (including phenoxy) is 1. The van der Waals surface area contributed by atoms with Gasteiger partial charge in [0, 0.05) is 17.3 Å². The molecule has 7 nitrogen and oxygen atoms in total. The minimum Gasteiger partial charge on any atom is -0.379 e. The Hall–Kier alpha value is -1.12. The van der Waals surface area contributed by atoms with Crippen molar-refractivity contribution in [2.24, 2.45) is 0 Å². The van der Waals surface area contributed by atoms with Crippen molar-refractivity contribution in [2.75, 3.05) is 13.2 Å². The van der Waals surface area contributed by atoms with Crippen LogP contribution in [0.3, 0.4) is 0 Å². The van der Waals surface area contributed by atoms with Gasteiger partial charge in [-0.05, 0) is 19.8 Å². The first-order valence-corrected chi connectivity index (χ1v) is 8.08. The van der Waals surface area contributed by atoms with Crippen LogP contribution in [-0.4, -0.2) is 43.8 Å². The molecule has 1 aliphatic rings. The molecule has 2 heterocycles. The summed E-state index contributed by atoms with van der Waals surface area (Å²) in [5.41, 5.74) is 0.0260. The number of H-pyrrole nitrogens is 1. The van der Waals surface area contributed by atoms with E-state index in [4.69, 9.17) is 15.4 Å². The van der Waals surface area contributed by atoms with Crippen LogP contribution in [0.15, 0.2) is 4.90 Å². The highest BCUT2D eigenvalue weighted by Crippen LogP contribution is 2.22. The monoisotopic (exact) mass is 307 g/mol. The van der Waals surface area contributed by atoms with Crippen LogP contribution in [0.25, 0.3) is 0 Å². The molecule has 2 N–H and O–H groups in total. The largest absolute Gasteiger partial charge is 0.379 e. The summed E-state index contributed by atoms with van der Waals surface area (Å²) in [6, 6.07) is -0.135. The van der Waals surface area contributed by atoms with Gasteiger partial charge in [0.1, 0.15) is 4.90 Å². The van der Waals surface area contributed by atoms with E-state index in [1.165, 1.54) is 6.92 Å². The standard InChI is InChI=1S/C10H14ClN3O4S/c1-6-9(19(11,16)17)8(14-13-6)10(15)12-7-3-2-4-18-5-7/h7H,2-5H2,1H3,(H,12,15)(H,13,14). The quantitative estimate of drug-likeness (QED) is 0.794. The van der Waals surface area contributed by atoms with E-state index in [1.807, 2.05) is 0 Å². The third-order valence-corrected chi connectivity index (χ3v) is 4.30. The molecule has 1 aliphatic heterocycles. The van der Waals surface area contributed by atoms with Crippen molar-refractivity contribution >= 4 is 25.6 Å². The molecule has 0 radical (unpaired) electrons. The lowest BCUT2D eigenvalue weighted by Gasteiger charge is -2.22. The number of carbonyl (C=O) groups excluding carboxylic acids is 1. The average molecular weight is 308 g/mol. The fourth-order valence-electron chi connectivity index (χ4n) is 1.98. The molecule has 0 aliphatic carbocycles. The second-order valence-electron chi connectivity index (χ2n) is 4.35. The molecule has 1 amide bonds. The Bertz CT molecular complexity index is 578. The Morgan fingerprint density at radius 3 is 2.89 bits per heavy atom. The second kappa shape index (κ2) is 5.48. The molecule has 0 spiro atoms. The number of hydrogen-bond acceptors (Lipinski definition) is 5. The smallest absolute Gasteiger partial charge is 0.273 e. The maximum atomic E-state index is 12.0. The Kier molecular flexibility index (Phi) is 4.12. The number of aromatic amines is 1. The summed E-state index contributed by atoms with van der Waals surface area (Å²) in [4.78, 5) is 11.7. The van der Waals surface area contributed by atoms with Crippen LogP contribution in [0, 0.1) is 6.92 Å². The Labute approximate surface area is 115 Å². The minimum absolute atomic E-state index is 0.135. The highest BCUT2D eigenvalue weighted by molar-refractivity contribution is 8.13. The van der Waals surface area contributed by atoms with Crippen molar-refractivity contribution in [3.05, 3.63) is 11.4 Å². The lowest BCUT2D eigenvalue weighted by atomic mass is 10.1. The number of carbonyl (C=O) groups is 1. The molecule has 0 saturated carbocycles. The molecule has 2 rings (SSSR count). The zero-order valence-electron chi connectivity index (χ0n) is 10.3. The summed E-state index contributed by atoms with van der Waals surface area (Å²) in [5.74, 6) is -0.570. The maximum Gasteiger partial charge on any atom is 0.273 e. The van der Waals surface area contributed by atoms with Gasteiger partial charge >= 0.3 is 0 Å². The van der Waals surface area contributed by atoms with E-state index in [0.717, 1.165) is 12.8 Å². The van der Waals surface area contributed by atoms with Crippen molar-refractivity contribution in [1.29, 1.82) is 0 Å². The normalized spacial score (nSPS) is 20.2. The van der Waals surface area contributed by atoms with E-state index in [0.29, 0.717) is 13.2 Å². The van der Waals surface area contributed by atoms with Crippen LogP contribution in [0.2, 0.25) is 0 Å². The number of aryl methyl sites for hydroxylation is 1. The first-order valence-electron chi connectivity index (χ1n) is 5.78. The molecule has 1 saturated heterocycles. The fraction of sp³-hybridized carbons (Fsp3) is 0.600. The van der Waals surface area contributed by atoms with Gasteiger partial charge in [-0.2, -0.15) is 5.10 Å². The predicted octanol–water partition coefficient (Wildman–Crippen LogP) is 0.554. The first-order chi connectivity index (χ1) is 8.89. The number of nitrogens with zero attached hydrogens (tertiary/aromatic N) is 1. The van der Waals surface area contributed by atoms with Gasteiger partial charge in [-0.1, -0.05) is 0 Å². The van der Waals surface area contributed by atoms with Gasteiger partial charge in [-0.25, -0.2) is 8.42 Å². The van der Waals surface area contributed by atoms with Crippen LogP contribution < -0.4 is 5.32 Å². The van der Waals surface area contributed by atoms with Crippen molar-refractivity contribution < 1.29 is 17.9 Å². The summed E-state index contributed by atoms with van der Waals surface area (Å²) in [6.45, 7) is 2.58. The molecule has 0 aromatic carbocycles. The summed E-state index contributed by atoms with van der Waals surface area (Å²) in [6.07, 6.45) is 1.64. The van der Waals surface area contributed by atoms with Gasteiger partial charge in [0.15, 0.2) is 5.69 Å². The van der Waals surface area contributed by atoms with Crippen molar-refractivity contribution in [3.8, 4) is 0 Å². The summed E-state index contributed by atoms with van der Waals surface area (Å²) < 4.78 is 28.1. The predicted molar refractivity (Wildman–Crippen MR) is 67.7 cm³/mol. The van der Waals surface area contributed by atoms with Gasteiger partial charge in [0.2, 0.25) is 0 Å². The number of hydrogen-bond donors (Lipinski definition) is 2. The maximum absolute atomic E-state index is 12.0. The van der Waals surface area contributed by atoms with Gasteiger partial charge in [-0.15, -0.1) is 0 Å². The Morgan fingerprint density at radius 1 is 1.58 bits per heavy atom. The third-order valence-electron chi connectivity index (χ3n) is 2.85. The molecule has 106 valence electrons.